The maximum Gasteiger partial charge on any atom is 0.335 e. The van der Waals surface area contributed by atoms with Crippen molar-refractivity contribution in [2.75, 3.05) is 5.75 Å². The van der Waals surface area contributed by atoms with Gasteiger partial charge >= 0.3 is 5.97 Å². The Kier molecular flexibility index (Phi) is 5.31. The first-order valence-electron chi connectivity index (χ1n) is 5.05. The van der Waals surface area contributed by atoms with Crippen molar-refractivity contribution >= 4 is 22.8 Å². The second-order valence-electron chi connectivity index (χ2n) is 3.27. The third kappa shape index (κ3) is 5.23. The molecule has 0 saturated carbocycles. The summed E-state index contributed by atoms with van der Waals surface area (Å²) in [6, 6.07) is 6.40. The lowest BCUT2D eigenvalue weighted by atomic mass is 10.1. The van der Waals surface area contributed by atoms with E-state index in [1.807, 2.05) is 0 Å². The molecule has 0 radical (unpaired) electrons. The number of hydrogen-bond acceptors (Lipinski definition) is 3. The van der Waals surface area contributed by atoms with Crippen LogP contribution in [-0.2, 0) is 4.79 Å². The second kappa shape index (κ2) is 6.77. The lowest BCUT2D eigenvalue weighted by Crippen LogP contribution is -1.94. The molecule has 0 fully saturated rings. The Morgan fingerprint density at radius 2 is 1.94 bits per heavy atom. The van der Waals surface area contributed by atoms with Gasteiger partial charge in [0.15, 0.2) is 5.12 Å². The normalized spacial score (nSPS) is 9.24. The Hall–Kier alpha value is -1.73. The van der Waals surface area contributed by atoms with Crippen LogP contribution >= 0.6 is 11.8 Å². The van der Waals surface area contributed by atoms with Crippen molar-refractivity contribution in [2.45, 2.75) is 13.3 Å². The zero-order valence-electron chi connectivity index (χ0n) is 9.40. The second-order valence-corrected chi connectivity index (χ2v) is 4.55. The smallest absolute Gasteiger partial charge is 0.335 e. The fraction of sp³-hybridized carbons (Fsp3) is 0.231. The molecule has 0 atom stereocenters. The lowest BCUT2D eigenvalue weighted by molar-refractivity contribution is -0.109. The first kappa shape index (κ1) is 13.3. The van der Waals surface area contributed by atoms with Gasteiger partial charge in [-0.25, -0.2) is 4.79 Å². The minimum Gasteiger partial charge on any atom is -0.478 e. The molecular formula is C13H12O3S. The van der Waals surface area contributed by atoms with Gasteiger partial charge in [-0.05, 0) is 24.3 Å². The molecule has 0 aromatic heterocycles. The monoisotopic (exact) mass is 248 g/mol. The van der Waals surface area contributed by atoms with Crippen molar-refractivity contribution in [2.24, 2.45) is 0 Å². The molecule has 1 N–H and O–H groups in total. The summed E-state index contributed by atoms with van der Waals surface area (Å²) in [6.45, 7) is 1.53. The van der Waals surface area contributed by atoms with Crippen LogP contribution in [0.15, 0.2) is 24.3 Å². The standard InChI is InChI=1S/C13H12O3S/c1-10(14)17-9-3-2-4-11-5-7-12(8-6-11)13(15)16/h5-8H,3,9H2,1H3,(H,15,16). The Morgan fingerprint density at radius 1 is 1.29 bits per heavy atom. The highest BCUT2D eigenvalue weighted by molar-refractivity contribution is 8.13. The number of rotatable bonds is 3. The molecule has 4 heteroatoms. The third-order valence-corrected chi connectivity index (χ3v) is 2.71. The van der Waals surface area contributed by atoms with E-state index in [0.29, 0.717) is 12.2 Å². The Bertz CT molecular complexity index is 466. The number of benzene rings is 1. The van der Waals surface area contributed by atoms with Crippen LogP contribution in [0.5, 0.6) is 0 Å². The van der Waals surface area contributed by atoms with E-state index in [0.717, 1.165) is 5.56 Å². The first-order chi connectivity index (χ1) is 8.09. The highest BCUT2D eigenvalue weighted by Gasteiger charge is 1.99. The summed E-state index contributed by atoms with van der Waals surface area (Å²) in [5, 5.41) is 8.80. The quantitative estimate of drug-likeness (QED) is 0.659. The number of aromatic carboxylic acids is 1. The fourth-order valence-corrected chi connectivity index (χ4v) is 1.60. The van der Waals surface area contributed by atoms with Crippen LogP contribution in [-0.4, -0.2) is 21.9 Å². The Balaban J connectivity index is 2.49. The summed E-state index contributed by atoms with van der Waals surface area (Å²) in [7, 11) is 0. The number of carboxylic acids is 1. The largest absolute Gasteiger partial charge is 0.478 e. The molecule has 17 heavy (non-hydrogen) atoms. The molecular weight excluding hydrogens is 236 g/mol. The van der Waals surface area contributed by atoms with E-state index in [1.54, 1.807) is 12.1 Å². The molecule has 0 amide bonds. The van der Waals surface area contributed by atoms with Crippen LogP contribution in [0.2, 0.25) is 0 Å². The maximum absolute atomic E-state index is 10.6. The highest BCUT2D eigenvalue weighted by atomic mass is 32.2. The van der Waals surface area contributed by atoms with Crippen LogP contribution in [0.1, 0.15) is 29.3 Å². The minimum atomic E-state index is -0.942. The number of hydrogen-bond donors (Lipinski definition) is 1. The molecule has 0 unspecified atom stereocenters. The average molecular weight is 248 g/mol. The fourth-order valence-electron chi connectivity index (χ4n) is 1.11. The van der Waals surface area contributed by atoms with Gasteiger partial charge in [-0.2, -0.15) is 0 Å². The van der Waals surface area contributed by atoms with Crippen molar-refractivity contribution in [3.63, 3.8) is 0 Å². The van der Waals surface area contributed by atoms with Crippen molar-refractivity contribution < 1.29 is 14.7 Å². The molecule has 0 spiro atoms. The van der Waals surface area contributed by atoms with Crippen molar-refractivity contribution in [3.8, 4) is 11.8 Å². The van der Waals surface area contributed by atoms with Gasteiger partial charge in [-0.1, -0.05) is 23.6 Å². The molecule has 1 rings (SSSR count). The van der Waals surface area contributed by atoms with Crippen LogP contribution in [0, 0.1) is 11.8 Å². The van der Waals surface area contributed by atoms with E-state index >= 15 is 0 Å². The van der Waals surface area contributed by atoms with Crippen LogP contribution in [0.25, 0.3) is 0 Å². The van der Waals surface area contributed by atoms with Gasteiger partial charge < -0.3 is 5.11 Å². The molecule has 0 bridgehead atoms. The van der Waals surface area contributed by atoms with E-state index < -0.39 is 5.97 Å². The molecule has 88 valence electrons. The molecule has 0 heterocycles. The molecule has 1 aromatic carbocycles. The first-order valence-corrected chi connectivity index (χ1v) is 6.04. The summed E-state index contributed by atoms with van der Waals surface area (Å²) < 4.78 is 0. The zero-order chi connectivity index (χ0) is 12.7. The Labute approximate surface area is 104 Å². The topological polar surface area (TPSA) is 54.4 Å². The third-order valence-electron chi connectivity index (χ3n) is 1.90. The van der Waals surface area contributed by atoms with Gasteiger partial charge in [0.2, 0.25) is 0 Å². The van der Waals surface area contributed by atoms with Gasteiger partial charge in [0.05, 0.1) is 5.56 Å². The van der Waals surface area contributed by atoms with Gasteiger partial charge in [-0.15, -0.1) is 0 Å². The van der Waals surface area contributed by atoms with E-state index in [-0.39, 0.29) is 10.7 Å². The average Bonchev–Trinajstić information content (AvgIpc) is 2.29. The van der Waals surface area contributed by atoms with Gasteiger partial charge in [0, 0.05) is 24.7 Å². The number of carboxylic acid groups (broad SMARTS) is 1. The van der Waals surface area contributed by atoms with Crippen molar-refractivity contribution in [3.05, 3.63) is 35.4 Å². The predicted octanol–water partition coefficient (Wildman–Crippen LogP) is 2.41. The lowest BCUT2D eigenvalue weighted by Gasteiger charge is -1.93. The van der Waals surface area contributed by atoms with Crippen LogP contribution in [0.4, 0.5) is 0 Å². The van der Waals surface area contributed by atoms with E-state index in [2.05, 4.69) is 11.8 Å². The zero-order valence-corrected chi connectivity index (χ0v) is 10.2. The summed E-state index contributed by atoms with van der Waals surface area (Å²) in [5.74, 6) is 5.60. The number of carbonyl (C=O) groups excluding carboxylic acids is 1. The highest BCUT2D eigenvalue weighted by Crippen LogP contribution is 2.04. The summed E-state index contributed by atoms with van der Waals surface area (Å²) in [5.41, 5.74) is 1.03. The van der Waals surface area contributed by atoms with Crippen LogP contribution < -0.4 is 0 Å². The van der Waals surface area contributed by atoms with Gasteiger partial charge in [-0.3, -0.25) is 4.79 Å². The number of thioether (sulfide) groups is 1. The van der Waals surface area contributed by atoms with Crippen molar-refractivity contribution in [1.29, 1.82) is 0 Å². The van der Waals surface area contributed by atoms with Gasteiger partial charge in [0.1, 0.15) is 0 Å². The van der Waals surface area contributed by atoms with Crippen molar-refractivity contribution in [1.82, 2.24) is 0 Å². The number of carbonyl (C=O) groups is 2. The summed E-state index contributed by atoms with van der Waals surface area (Å²) in [4.78, 5) is 21.2. The molecule has 0 saturated heterocycles. The minimum absolute atomic E-state index is 0.0950. The van der Waals surface area contributed by atoms with Gasteiger partial charge in [0.25, 0.3) is 0 Å². The molecule has 3 nitrogen and oxygen atoms in total. The van der Waals surface area contributed by atoms with E-state index in [9.17, 15) is 9.59 Å². The van der Waals surface area contributed by atoms with E-state index in [1.165, 1.54) is 30.8 Å². The SMILES string of the molecule is CC(=O)SCCC#Cc1ccc(C(=O)O)cc1. The predicted molar refractivity (Wildman–Crippen MR) is 68.0 cm³/mol. The van der Waals surface area contributed by atoms with Crippen LogP contribution in [0.3, 0.4) is 0 Å². The van der Waals surface area contributed by atoms with E-state index in [4.69, 9.17) is 5.11 Å². The molecule has 0 aliphatic heterocycles. The molecule has 1 aromatic rings. The molecule has 0 aliphatic rings. The Morgan fingerprint density at radius 3 is 2.47 bits per heavy atom. The maximum atomic E-state index is 10.6. The molecule has 0 aliphatic carbocycles. The summed E-state index contributed by atoms with van der Waals surface area (Å²) in [6.07, 6.45) is 0.644. The summed E-state index contributed by atoms with van der Waals surface area (Å²) >= 11 is 1.25.